The maximum atomic E-state index is 8.98. The number of rotatable bonds is 3. The Labute approximate surface area is 113 Å². The fourth-order valence-corrected chi connectivity index (χ4v) is 2.72. The molecule has 1 aromatic carbocycles. The lowest BCUT2D eigenvalue weighted by molar-refractivity contribution is 0.189. The predicted octanol–water partition coefficient (Wildman–Crippen LogP) is 1.35. The number of fused-ring (bicyclic) bond motifs is 1. The first-order valence-electron chi connectivity index (χ1n) is 6.80. The highest BCUT2D eigenvalue weighted by Crippen LogP contribution is 2.26. The molecule has 1 fully saturated rings. The Hall–Kier alpha value is -1.65. The molecule has 0 saturated carbocycles. The number of pyridine rings is 1. The first-order chi connectivity index (χ1) is 9.38. The van der Waals surface area contributed by atoms with Crippen molar-refractivity contribution in [3.63, 3.8) is 0 Å². The summed E-state index contributed by atoms with van der Waals surface area (Å²) in [6.07, 6.45) is 1.84. The largest absolute Gasteiger partial charge is 0.395 e. The highest BCUT2D eigenvalue weighted by atomic mass is 16.3. The molecule has 3 rings (SSSR count). The van der Waals surface area contributed by atoms with Gasteiger partial charge in [-0.25, -0.2) is 0 Å². The Morgan fingerprint density at radius 3 is 2.68 bits per heavy atom. The number of hydrogen-bond acceptors (Lipinski definition) is 4. The summed E-state index contributed by atoms with van der Waals surface area (Å²) in [7, 11) is 0. The molecule has 1 aliphatic heterocycles. The van der Waals surface area contributed by atoms with Gasteiger partial charge in [0.05, 0.1) is 12.1 Å². The lowest BCUT2D eigenvalue weighted by Crippen LogP contribution is -2.47. The summed E-state index contributed by atoms with van der Waals surface area (Å²) in [5.41, 5.74) is 2.33. The minimum Gasteiger partial charge on any atom is -0.395 e. The molecule has 0 bridgehead atoms. The standard InChI is InChI=1S/C15H19N3O/c19-12-11-17-7-9-18(10-8-17)15-5-1-4-14-13(15)3-2-6-16-14/h1-6,19H,7-12H2. The van der Waals surface area contributed by atoms with E-state index in [9.17, 15) is 0 Å². The van der Waals surface area contributed by atoms with Gasteiger partial charge < -0.3 is 10.0 Å². The van der Waals surface area contributed by atoms with Crippen LogP contribution in [0.3, 0.4) is 0 Å². The van der Waals surface area contributed by atoms with Crippen molar-refractivity contribution in [2.45, 2.75) is 0 Å². The van der Waals surface area contributed by atoms with Gasteiger partial charge in [-0.1, -0.05) is 6.07 Å². The number of aliphatic hydroxyl groups excluding tert-OH is 1. The maximum Gasteiger partial charge on any atom is 0.0722 e. The van der Waals surface area contributed by atoms with Gasteiger partial charge >= 0.3 is 0 Å². The van der Waals surface area contributed by atoms with E-state index in [-0.39, 0.29) is 6.61 Å². The number of hydrogen-bond donors (Lipinski definition) is 1. The molecular weight excluding hydrogens is 238 g/mol. The van der Waals surface area contributed by atoms with E-state index >= 15 is 0 Å². The maximum absolute atomic E-state index is 8.98. The Balaban J connectivity index is 1.82. The fourth-order valence-electron chi connectivity index (χ4n) is 2.72. The third kappa shape index (κ3) is 2.55. The first-order valence-corrected chi connectivity index (χ1v) is 6.80. The summed E-state index contributed by atoms with van der Waals surface area (Å²) in [5, 5.41) is 10.2. The van der Waals surface area contributed by atoms with Crippen LogP contribution in [0.1, 0.15) is 0 Å². The van der Waals surface area contributed by atoms with Gasteiger partial charge in [-0.05, 0) is 24.3 Å². The van der Waals surface area contributed by atoms with Crippen LogP contribution in [0.15, 0.2) is 36.5 Å². The summed E-state index contributed by atoms with van der Waals surface area (Å²) < 4.78 is 0. The van der Waals surface area contributed by atoms with Crippen LogP contribution >= 0.6 is 0 Å². The van der Waals surface area contributed by atoms with E-state index in [0.717, 1.165) is 38.2 Å². The molecule has 0 unspecified atom stereocenters. The van der Waals surface area contributed by atoms with Gasteiger partial charge in [-0.15, -0.1) is 0 Å². The second kappa shape index (κ2) is 5.55. The molecule has 0 aliphatic carbocycles. The number of anilines is 1. The predicted molar refractivity (Wildman–Crippen MR) is 77.5 cm³/mol. The molecule has 19 heavy (non-hydrogen) atoms. The third-order valence-electron chi connectivity index (χ3n) is 3.75. The van der Waals surface area contributed by atoms with Crippen LogP contribution in [0.4, 0.5) is 5.69 Å². The van der Waals surface area contributed by atoms with E-state index < -0.39 is 0 Å². The van der Waals surface area contributed by atoms with E-state index in [1.807, 2.05) is 12.3 Å². The lowest BCUT2D eigenvalue weighted by atomic mass is 10.1. The van der Waals surface area contributed by atoms with Gasteiger partial charge in [0, 0.05) is 50.0 Å². The number of piperazine rings is 1. The highest BCUT2D eigenvalue weighted by molar-refractivity contribution is 5.91. The molecule has 0 spiro atoms. The van der Waals surface area contributed by atoms with Crippen molar-refractivity contribution in [2.24, 2.45) is 0 Å². The molecule has 4 heteroatoms. The van der Waals surface area contributed by atoms with Gasteiger partial charge in [-0.3, -0.25) is 9.88 Å². The molecular formula is C15H19N3O. The zero-order valence-corrected chi connectivity index (χ0v) is 11.0. The molecule has 2 heterocycles. The zero-order chi connectivity index (χ0) is 13.1. The number of aromatic nitrogens is 1. The van der Waals surface area contributed by atoms with Gasteiger partial charge in [0.15, 0.2) is 0 Å². The van der Waals surface area contributed by atoms with Crippen LogP contribution in [0, 0.1) is 0 Å². The van der Waals surface area contributed by atoms with Crippen molar-refractivity contribution in [3.05, 3.63) is 36.5 Å². The van der Waals surface area contributed by atoms with Crippen LogP contribution in [-0.4, -0.2) is 54.3 Å². The minimum absolute atomic E-state index is 0.248. The van der Waals surface area contributed by atoms with Gasteiger partial charge in [0.2, 0.25) is 0 Å². The van der Waals surface area contributed by atoms with Crippen molar-refractivity contribution in [1.82, 2.24) is 9.88 Å². The smallest absolute Gasteiger partial charge is 0.0722 e. The molecule has 1 saturated heterocycles. The fraction of sp³-hybridized carbons (Fsp3) is 0.400. The van der Waals surface area contributed by atoms with E-state index in [1.165, 1.54) is 11.1 Å². The van der Waals surface area contributed by atoms with Crippen molar-refractivity contribution < 1.29 is 5.11 Å². The Kier molecular flexibility index (Phi) is 3.62. The van der Waals surface area contributed by atoms with E-state index in [1.54, 1.807) is 0 Å². The zero-order valence-electron chi connectivity index (χ0n) is 11.0. The average molecular weight is 257 g/mol. The Morgan fingerprint density at radius 1 is 1.05 bits per heavy atom. The van der Waals surface area contributed by atoms with Crippen LogP contribution in [-0.2, 0) is 0 Å². The molecule has 0 atom stereocenters. The average Bonchev–Trinajstić information content (AvgIpc) is 2.48. The Morgan fingerprint density at radius 2 is 1.89 bits per heavy atom. The normalized spacial score (nSPS) is 17.0. The quantitative estimate of drug-likeness (QED) is 0.901. The number of β-amino-alcohol motifs (C(OH)–C–C–N with tert-alkyl or cyclic N) is 1. The second-order valence-electron chi connectivity index (χ2n) is 4.90. The number of nitrogens with zero attached hydrogens (tertiary/aromatic N) is 3. The van der Waals surface area contributed by atoms with Crippen LogP contribution in [0.2, 0.25) is 0 Å². The first kappa shape index (κ1) is 12.4. The van der Waals surface area contributed by atoms with Crippen LogP contribution in [0.5, 0.6) is 0 Å². The van der Waals surface area contributed by atoms with E-state index in [2.05, 4.69) is 39.0 Å². The minimum atomic E-state index is 0.248. The molecule has 2 aromatic rings. The van der Waals surface area contributed by atoms with Crippen molar-refractivity contribution >= 4 is 16.6 Å². The van der Waals surface area contributed by atoms with Crippen molar-refractivity contribution in [2.75, 3.05) is 44.2 Å². The van der Waals surface area contributed by atoms with E-state index in [4.69, 9.17) is 5.11 Å². The van der Waals surface area contributed by atoms with Gasteiger partial charge in [0.25, 0.3) is 0 Å². The summed E-state index contributed by atoms with van der Waals surface area (Å²) in [6, 6.07) is 10.4. The highest BCUT2D eigenvalue weighted by Gasteiger charge is 2.17. The summed E-state index contributed by atoms with van der Waals surface area (Å²) in [6.45, 7) is 5.07. The lowest BCUT2D eigenvalue weighted by Gasteiger charge is -2.36. The second-order valence-corrected chi connectivity index (χ2v) is 4.90. The number of aliphatic hydroxyl groups is 1. The molecule has 1 N–H and O–H groups in total. The molecule has 4 nitrogen and oxygen atoms in total. The van der Waals surface area contributed by atoms with Crippen LogP contribution < -0.4 is 4.90 Å². The summed E-state index contributed by atoms with van der Waals surface area (Å²) >= 11 is 0. The van der Waals surface area contributed by atoms with E-state index in [0.29, 0.717) is 0 Å². The molecule has 1 aliphatic rings. The number of benzene rings is 1. The summed E-state index contributed by atoms with van der Waals surface area (Å²) in [4.78, 5) is 9.13. The monoisotopic (exact) mass is 257 g/mol. The molecule has 0 amide bonds. The van der Waals surface area contributed by atoms with Crippen molar-refractivity contribution in [3.8, 4) is 0 Å². The Bertz CT molecular complexity index is 545. The molecule has 100 valence electrons. The molecule has 1 aromatic heterocycles. The third-order valence-corrected chi connectivity index (χ3v) is 3.75. The van der Waals surface area contributed by atoms with Gasteiger partial charge in [-0.2, -0.15) is 0 Å². The van der Waals surface area contributed by atoms with Crippen molar-refractivity contribution in [1.29, 1.82) is 0 Å². The van der Waals surface area contributed by atoms with Gasteiger partial charge in [0.1, 0.15) is 0 Å². The topological polar surface area (TPSA) is 39.6 Å². The SMILES string of the molecule is OCCN1CCN(c2cccc3ncccc23)CC1. The summed E-state index contributed by atoms with van der Waals surface area (Å²) in [5.74, 6) is 0. The van der Waals surface area contributed by atoms with Crippen LogP contribution in [0.25, 0.3) is 10.9 Å². The molecule has 0 radical (unpaired) electrons.